The van der Waals surface area contributed by atoms with Crippen molar-refractivity contribution in [1.82, 2.24) is 10.3 Å². The number of aromatic nitrogens is 1. The predicted molar refractivity (Wildman–Crippen MR) is 76.0 cm³/mol. The van der Waals surface area contributed by atoms with Gasteiger partial charge in [-0.25, -0.2) is 0 Å². The lowest BCUT2D eigenvalue weighted by molar-refractivity contribution is 0.0950. The molecule has 0 fully saturated rings. The molecule has 1 amide bonds. The van der Waals surface area contributed by atoms with Crippen molar-refractivity contribution in [3.8, 4) is 6.07 Å². The fourth-order valence-electron chi connectivity index (χ4n) is 1.93. The quantitative estimate of drug-likeness (QED) is 0.927. The number of carbonyl (C=O) groups is 1. The summed E-state index contributed by atoms with van der Waals surface area (Å²) in [5.41, 5.74) is 3.99. The fourth-order valence-corrected chi connectivity index (χ4v) is 1.93. The maximum atomic E-state index is 12.1. The molecular weight excluding hydrogens is 250 g/mol. The number of nitrogens with zero attached hydrogens (tertiary/aromatic N) is 2. The molecule has 4 heteroatoms. The third-order valence-electron chi connectivity index (χ3n) is 3.13. The molecule has 0 atom stereocenters. The highest BCUT2D eigenvalue weighted by molar-refractivity contribution is 5.96. The highest BCUT2D eigenvalue weighted by atomic mass is 16.1. The molecule has 100 valence electrons. The van der Waals surface area contributed by atoms with Gasteiger partial charge in [0.1, 0.15) is 6.07 Å². The Morgan fingerprint density at radius 1 is 1.35 bits per heavy atom. The van der Waals surface area contributed by atoms with Crippen LogP contribution >= 0.6 is 0 Å². The van der Waals surface area contributed by atoms with Crippen molar-refractivity contribution >= 4 is 5.91 Å². The van der Waals surface area contributed by atoms with Gasteiger partial charge in [0.2, 0.25) is 0 Å². The average Bonchev–Trinajstić information content (AvgIpc) is 2.47. The van der Waals surface area contributed by atoms with Crippen LogP contribution in [0.3, 0.4) is 0 Å². The third kappa shape index (κ3) is 3.01. The van der Waals surface area contributed by atoms with Crippen molar-refractivity contribution in [2.75, 3.05) is 0 Å². The summed E-state index contributed by atoms with van der Waals surface area (Å²) in [7, 11) is 0. The Labute approximate surface area is 118 Å². The minimum atomic E-state index is -0.282. The van der Waals surface area contributed by atoms with Crippen LogP contribution < -0.4 is 5.32 Å². The number of rotatable bonds is 3. The second-order valence-corrected chi connectivity index (χ2v) is 4.65. The Balaban J connectivity index is 2.13. The normalized spacial score (nSPS) is 9.85. The summed E-state index contributed by atoms with van der Waals surface area (Å²) in [5, 5.41) is 11.8. The number of hydrogen-bond acceptors (Lipinski definition) is 3. The largest absolute Gasteiger partial charge is 0.348 e. The fraction of sp³-hybridized carbons (Fsp3) is 0.188. The number of hydrogen-bond donors (Lipinski definition) is 1. The van der Waals surface area contributed by atoms with Gasteiger partial charge < -0.3 is 5.32 Å². The van der Waals surface area contributed by atoms with Gasteiger partial charge in [0.15, 0.2) is 0 Å². The van der Waals surface area contributed by atoms with E-state index in [2.05, 4.69) is 10.3 Å². The molecular formula is C16H15N3O. The molecule has 0 aliphatic rings. The van der Waals surface area contributed by atoms with Crippen LogP contribution in [0.4, 0.5) is 0 Å². The lowest BCUT2D eigenvalue weighted by Gasteiger charge is -2.09. The van der Waals surface area contributed by atoms with Crippen molar-refractivity contribution in [3.63, 3.8) is 0 Å². The van der Waals surface area contributed by atoms with Gasteiger partial charge >= 0.3 is 0 Å². The molecule has 1 N–H and O–H groups in total. The van der Waals surface area contributed by atoms with Gasteiger partial charge in [-0.3, -0.25) is 9.78 Å². The van der Waals surface area contributed by atoms with Gasteiger partial charge in [-0.15, -0.1) is 0 Å². The monoisotopic (exact) mass is 265 g/mol. The Bertz CT molecular complexity index is 686. The Hall–Kier alpha value is -2.67. The molecule has 0 saturated carbocycles. The highest BCUT2D eigenvalue weighted by Crippen LogP contribution is 2.11. The molecule has 0 unspecified atom stereocenters. The lowest BCUT2D eigenvalue weighted by atomic mass is 10.1. The zero-order valence-electron chi connectivity index (χ0n) is 11.5. The van der Waals surface area contributed by atoms with Crippen LogP contribution in [0.5, 0.6) is 0 Å². The van der Waals surface area contributed by atoms with Crippen LogP contribution in [0.2, 0.25) is 0 Å². The first-order chi connectivity index (χ1) is 9.61. The maximum Gasteiger partial charge on any atom is 0.254 e. The summed E-state index contributed by atoms with van der Waals surface area (Å²) < 4.78 is 0. The Morgan fingerprint density at radius 2 is 2.15 bits per heavy atom. The van der Waals surface area contributed by atoms with E-state index in [1.165, 1.54) is 18.5 Å². The van der Waals surface area contributed by atoms with E-state index >= 15 is 0 Å². The first kappa shape index (κ1) is 13.8. The summed E-state index contributed by atoms with van der Waals surface area (Å²) in [5.74, 6) is -0.282. The average molecular weight is 265 g/mol. The third-order valence-corrected chi connectivity index (χ3v) is 3.13. The Kier molecular flexibility index (Phi) is 4.11. The zero-order chi connectivity index (χ0) is 14.5. The van der Waals surface area contributed by atoms with E-state index in [0.717, 1.165) is 16.7 Å². The van der Waals surface area contributed by atoms with Gasteiger partial charge in [0.05, 0.1) is 11.1 Å². The molecule has 1 heterocycles. The van der Waals surface area contributed by atoms with Crippen LogP contribution in [0.25, 0.3) is 0 Å². The summed E-state index contributed by atoms with van der Waals surface area (Å²) in [6, 6.07) is 9.64. The number of benzene rings is 1. The molecule has 0 radical (unpaired) electrons. The molecule has 1 aromatic carbocycles. The second-order valence-electron chi connectivity index (χ2n) is 4.65. The first-order valence-corrected chi connectivity index (χ1v) is 6.30. The SMILES string of the molecule is Cc1ccc(C)c(CNC(=O)c2cnccc2C#N)c1. The molecule has 4 nitrogen and oxygen atoms in total. The number of nitrogens with one attached hydrogen (secondary N) is 1. The van der Waals surface area contributed by atoms with Crippen molar-refractivity contribution in [1.29, 1.82) is 5.26 Å². The molecule has 0 saturated heterocycles. The van der Waals surface area contributed by atoms with Gasteiger partial charge in [0.25, 0.3) is 5.91 Å². The minimum Gasteiger partial charge on any atom is -0.348 e. The molecule has 0 aliphatic heterocycles. The number of carbonyl (C=O) groups excluding carboxylic acids is 1. The zero-order valence-corrected chi connectivity index (χ0v) is 11.5. The number of nitriles is 1. The number of aryl methyl sites for hydroxylation is 2. The first-order valence-electron chi connectivity index (χ1n) is 6.30. The molecule has 0 aliphatic carbocycles. The predicted octanol–water partition coefficient (Wildman–Crippen LogP) is 2.50. The summed E-state index contributed by atoms with van der Waals surface area (Å²) in [4.78, 5) is 16.0. The van der Waals surface area contributed by atoms with Crippen molar-refractivity contribution in [2.24, 2.45) is 0 Å². The van der Waals surface area contributed by atoms with Crippen LogP contribution in [-0.2, 0) is 6.54 Å². The minimum absolute atomic E-state index is 0.282. The Morgan fingerprint density at radius 3 is 2.90 bits per heavy atom. The summed E-state index contributed by atoms with van der Waals surface area (Å²) in [6.07, 6.45) is 2.91. The van der Waals surface area contributed by atoms with Crippen LogP contribution in [0.15, 0.2) is 36.7 Å². The number of amides is 1. The summed E-state index contributed by atoms with van der Waals surface area (Å²) >= 11 is 0. The van der Waals surface area contributed by atoms with E-state index in [1.807, 2.05) is 38.1 Å². The van der Waals surface area contributed by atoms with Crippen LogP contribution in [0, 0.1) is 25.2 Å². The molecule has 20 heavy (non-hydrogen) atoms. The van der Waals surface area contributed by atoms with E-state index in [4.69, 9.17) is 5.26 Å². The molecule has 2 aromatic rings. The lowest BCUT2D eigenvalue weighted by Crippen LogP contribution is -2.24. The van der Waals surface area contributed by atoms with Gasteiger partial charge in [-0.2, -0.15) is 5.26 Å². The highest BCUT2D eigenvalue weighted by Gasteiger charge is 2.11. The van der Waals surface area contributed by atoms with Gasteiger partial charge in [0, 0.05) is 18.9 Å². The molecule has 1 aromatic heterocycles. The van der Waals surface area contributed by atoms with Gasteiger partial charge in [-0.1, -0.05) is 23.8 Å². The van der Waals surface area contributed by atoms with Crippen LogP contribution in [0.1, 0.15) is 32.6 Å². The summed E-state index contributed by atoms with van der Waals surface area (Å²) in [6.45, 7) is 4.46. The standard InChI is InChI=1S/C16H15N3O/c1-11-3-4-12(2)14(7-11)9-19-16(20)15-10-18-6-5-13(15)8-17/h3-7,10H,9H2,1-2H3,(H,19,20). The van der Waals surface area contributed by atoms with Crippen molar-refractivity contribution < 1.29 is 4.79 Å². The molecule has 0 bridgehead atoms. The van der Waals surface area contributed by atoms with Gasteiger partial charge in [-0.05, 0) is 31.0 Å². The van der Waals surface area contributed by atoms with Crippen molar-refractivity contribution in [3.05, 3.63) is 64.5 Å². The second kappa shape index (κ2) is 5.98. The van der Waals surface area contributed by atoms with Crippen molar-refractivity contribution in [2.45, 2.75) is 20.4 Å². The van der Waals surface area contributed by atoms with E-state index in [-0.39, 0.29) is 5.91 Å². The molecule has 2 rings (SSSR count). The smallest absolute Gasteiger partial charge is 0.254 e. The van der Waals surface area contributed by atoms with E-state index in [0.29, 0.717) is 17.7 Å². The van der Waals surface area contributed by atoms with E-state index < -0.39 is 0 Å². The topological polar surface area (TPSA) is 65.8 Å². The number of pyridine rings is 1. The van der Waals surface area contributed by atoms with E-state index in [1.54, 1.807) is 0 Å². The maximum absolute atomic E-state index is 12.1. The van der Waals surface area contributed by atoms with E-state index in [9.17, 15) is 4.79 Å². The molecule has 0 spiro atoms. The van der Waals surface area contributed by atoms with Crippen LogP contribution in [-0.4, -0.2) is 10.9 Å².